The smallest absolute Gasteiger partial charge is 0.303 e. The van der Waals surface area contributed by atoms with E-state index >= 15 is 0 Å². The highest BCUT2D eigenvalue weighted by Crippen LogP contribution is 2.22. The van der Waals surface area contributed by atoms with Gasteiger partial charge in [0, 0.05) is 18.2 Å². The summed E-state index contributed by atoms with van der Waals surface area (Å²) in [7, 11) is 0. The minimum absolute atomic E-state index is 0.136. The molecule has 2 aromatic heterocycles. The van der Waals surface area contributed by atoms with Gasteiger partial charge in [-0.1, -0.05) is 24.1 Å². The fourth-order valence-corrected chi connectivity index (χ4v) is 3.27. The number of carbonyl (C=O) groups excluding carboxylic acids is 1. The summed E-state index contributed by atoms with van der Waals surface area (Å²) in [6.45, 7) is 1.13. The normalized spacial score (nSPS) is 11.6. The van der Waals surface area contributed by atoms with Crippen LogP contribution in [0, 0.1) is 11.8 Å². The van der Waals surface area contributed by atoms with Crippen molar-refractivity contribution < 1.29 is 25.2 Å². The van der Waals surface area contributed by atoms with Crippen molar-refractivity contribution in [1.29, 1.82) is 0 Å². The van der Waals surface area contributed by atoms with E-state index in [2.05, 4.69) is 16.8 Å². The maximum absolute atomic E-state index is 13.3. The fraction of sp³-hybridized carbons (Fsp3) is 0.296. The van der Waals surface area contributed by atoms with Crippen molar-refractivity contribution in [2.45, 2.75) is 39.2 Å². The molecular weight excluding hydrogens is 432 g/mol. The van der Waals surface area contributed by atoms with Gasteiger partial charge in [-0.3, -0.25) is 14.6 Å². The number of para-hydroxylation sites is 1. The molecule has 0 aliphatic heterocycles. The Bertz CT molecular complexity index is 1170. The van der Waals surface area contributed by atoms with Crippen LogP contribution in [0.25, 0.3) is 11.5 Å². The number of hydrogen-bond donors (Lipinski definition) is 1. The number of aromatic nitrogens is 1. The first-order valence-corrected chi connectivity index (χ1v) is 11.1. The van der Waals surface area contributed by atoms with Crippen molar-refractivity contribution in [2.75, 3.05) is 13.1 Å². The number of furan rings is 1. The van der Waals surface area contributed by atoms with Crippen LogP contribution in [0.1, 0.15) is 49.9 Å². The highest BCUT2D eigenvalue weighted by Gasteiger charge is 2.18. The van der Waals surface area contributed by atoms with Gasteiger partial charge in [0.1, 0.15) is 11.4 Å². The Morgan fingerprint density at radius 1 is 1.15 bits per heavy atom. The van der Waals surface area contributed by atoms with E-state index in [1.165, 1.54) is 11.1 Å². The Hall–Kier alpha value is -4.05. The summed E-state index contributed by atoms with van der Waals surface area (Å²) in [5.74, 6) is 5.51. The van der Waals surface area contributed by atoms with Gasteiger partial charge in [-0.2, -0.15) is 0 Å². The van der Waals surface area contributed by atoms with E-state index < -0.39 is 12.5 Å². The molecule has 0 saturated heterocycles. The van der Waals surface area contributed by atoms with Gasteiger partial charge in [0.05, 0.1) is 32.9 Å². The van der Waals surface area contributed by atoms with Crippen LogP contribution in [-0.2, 0) is 11.3 Å². The molecule has 1 aromatic carbocycles. The van der Waals surface area contributed by atoms with E-state index in [1.807, 2.05) is 24.3 Å². The topological polar surface area (TPSA) is 92.9 Å². The molecule has 34 heavy (non-hydrogen) atoms. The molecule has 0 spiro atoms. The number of amides is 1. The summed E-state index contributed by atoms with van der Waals surface area (Å²) in [6.07, 6.45) is 5.25. The zero-order valence-electron chi connectivity index (χ0n) is 20.1. The van der Waals surface area contributed by atoms with Gasteiger partial charge in [-0.15, -0.1) is 5.92 Å². The number of benzene rings is 1. The summed E-state index contributed by atoms with van der Waals surface area (Å²) in [5.41, 5.74) is 1.70. The van der Waals surface area contributed by atoms with Gasteiger partial charge in [-0.05, 0) is 56.5 Å². The van der Waals surface area contributed by atoms with Crippen molar-refractivity contribution in [1.82, 2.24) is 9.88 Å². The monoisotopic (exact) mass is 461 g/mol. The number of ether oxygens (including phenoxy) is 1. The molecule has 0 radical (unpaired) electrons. The molecule has 1 N–H and O–H groups in total. The van der Waals surface area contributed by atoms with Crippen molar-refractivity contribution in [3.63, 3.8) is 0 Å². The Balaban J connectivity index is 1.72. The summed E-state index contributed by atoms with van der Waals surface area (Å²) in [5, 5.41) is 8.74. The molecule has 1 atom stereocenters. The van der Waals surface area contributed by atoms with Crippen LogP contribution < -0.4 is 4.74 Å². The Kier molecular flexibility index (Phi) is 8.74. The van der Waals surface area contributed by atoms with E-state index in [0.717, 1.165) is 18.4 Å². The molecule has 1 amide bonds. The van der Waals surface area contributed by atoms with Gasteiger partial charge in [0.2, 0.25) is 0 Å². The van der Waals surface area contributed by atoms with E-state index in [4.69, 9.17) is 15.6 Å². The van der Waals surface area contributed by atoms with Crippen LogP contribution >= 0.6 is 0 Å². The van der Waals surface area contributed by atoms with E-state index in [9.17, 15) is 9.59 Å². The fourth-order valence-electron chi connectivity index (χ4n) is 3.27. The van der Waals surface area contributed by atoms with E-state index in [1.54, 1.807) is 37.5 Å². The molecular formula is C27H28N2O5. The molecule has 3 rings (SSSR count). The molecule has 2 heterocycles. The predicted octanol–water partition coefficient (Wildman–Crippen LogP) is 5.03. The largest absolute Gasteiger partial charge is 0.493 e. The molecule has 0 saturated carbocycles. The van der Waals surface area contributed by atoms with Gasteiger partial charge < -0.3 is 19.2 Å². The molecule has 7 heteroatoms. The number of nitrogens with zero attached hydrogens (tertiary/aromatic N) is 2. The minimum Gasteiger partial charge on any atom is -0.493 e. The number of aliphatic carboxylic acids is 1. The first kappa shape index (κ1) is 23.1. The maximum atomic E-state index is 13.3. The minimum atomic E-state index is -1.07. The number of carboxylic acids is 1. The standard InChI is InChI=1S/C27H28N2O5/c1-2-3-16-29(27(32)21-14-15-23(28-19-21)25-12-9-18-34-25)20-22-10-6-7-11-24(22)33-17-8-4-5-13-26(30)31/h6-7,9-12,14-15,18-19H,4-5,8,13,16-17,20H2,1H3,(H,30,31)/i16D. The molecule has 176 valence electrons. The highest BCUT2D eigenvalue weighted by atomic mass is 16.5. The van der Waals surface area contributed by atoms with Crippen molar-refractivity contribution >= 4 is 11.9 Å². The number of carbonyl (C=O) groups is 2. The summed E-state index contributed by atoms with van der Waals surface area (Å²) in [4.78, 5) is 29.7. The van der Waals surface area contributed by atoms with Gasteiger partial charge in [0.15, 0.2) is 5.76 Å². The van der Waals surface area contributed by atoms with Crippen LogP contribution in [0.4, 0.5) is 0 Å². The number of unbranched alkanes of at least 4 members (excludes halogenated alkanes) is 2. The van der Waals surface area contributed by atoms with Gasteiger partial charge in [-0.25, -0.2) is 0 Å². The average molecular weight is 462 g/mol. The molecule has 0 aliphatic carbocycles. The van der Waals surface area contributed by atoms with Crippen LogP contribution in [0.5, 0.6) is 5.75 Å². The third-order valence-electron chi connectivity index (χ3n) is 5.02. The molecule has 7 nitrogen and oxygen atoms in total. The van der Waals surface area contributed by atoms with Crippen LogP contribution in [-0.4, -0.2) is 40.0 Å². The zero-order valence-corrected chi connectivity index (χ0v) is 19.1. The zero-order chi connectivity index (χ0) is 25.0. The quantitative estimate of drug-likeness (QED) is 0.300. The molecule has 1 unspecified atom stereocenters. The van der Waals surface area contributed by atoms with Crippen molar-refractivity contribution in [3.8, 4) is 29.0 Å². The maximum Gasteiger partial charge on any atom is 0.303 e. The second-order valence-corrected chi connectivity index (χ2v) is 7.53. The summed E-state index contributed by atoms with van der Waals surface area (Å²) in [6, 6.07) is 14.3. The lowest BCUT2D eigenvalue weighted by Gasteiger charge is -2.22. The summed E-state index contributed by atoms with van der Waals surface area (Å²) < 4.78 is 19.7. The summed E-state index contributed by atoms with van der Waals surface area (Å²) >= 11 is 0. The van der Waals surface area contributed by atoms with Crippen molar-refractivity contribution in [2.24, 2.45) is 0 Å². The van der Waals surface area contributed by atoms with Crippen LogP contribution in [0.15, 0.2) is 65.4 Å². The van der Waals surface area contributed by atoms with Gasteiger partial charge >= 0.3 is 5.97 Å². The number of pyridine rings is 1. The second kappa shape index (κ2) is 12.9. The second-order valence-electron chi connectivity index (χ2n) is 7.53. The lowest BCUT2D eigenvalue weighted by molar-refractivity contribution is -0.137. The van der Waals surface area contributed by atoms with Gasteiger partial charge in [0.25, 0.3) is 5.91 Å². The first-order valence-electron chi connectivity index (χ1n) is 11.6. The molecule has 0 fully saturated rings. The van der Waals surface area contributed by atoms with Crippen LogP contribution in [0.3, 0.4) is 0 Å². The number of carboxylic acid groups (broad SMARTS) is 1. The lowest BCUT2D eigenvalue weighted by Crippen LogP contribution is -2.31. The Morgan fingerprint density at radius 2 is 2.00 bits per heavy atom. The Labute approximate surface area is 200 Å². The first-order chi connectivity index (χ1) is 17.0. The third kappa shape index (κ3) is 7.24. The molecule has 3 aromatic rings. The van der Waals surface area contributed by atoms with E-state index in [0.29, 0.717) is 35.8 Å². The predicted molar refractivity (Wildman–Crippen MR) is 128 cm³/mol. The SMILES string of the molecule is [2H]C(C#CC)N(Cc1ccccc1OCCCCCC(=O)O)C(=O)c1ccc(-c2ccco2)nc1. The third-order valence-corrected chi connectivity index (χ3v) is 5.02. The number of rotatable bonds is 12. The number of hydrogen-bond acceptors (Lipinski definition) is 5. The lowest BCUT2D eigenvalue weighted by atomic mass is 10.1. The van der Waals surface area contributed by atoms with Crippen LogP contribution in [0.2, 0.25) is 0 Å². The Morgan fingerprint density at radius 3 is 2.71 bits per heavy atom. The molecule has 0 bridgehead atoms. The highest BCUT2D eigenvalue weighted by molar-refractivity contribution is 5.94. The van der Waals surface area contributed by atoms with E-state index in [-0.39, 0.29) is 18.9 Å². The molecule has 0 aliphatic rings. The van der Waals surface area contributed by atoms with Crippen molar-refractivity contribution in [3.05, 3.63) is 72.1 Å². The average Bonchev–Trinajstić information content (AvgIpc) is 3.40.